The third-order valence-corrected chi connectivity index (χ3v) is 5.62. The molecule has 21 heavy (non-hydrogen) atoms. The zero-order valence-corrected chi connectivity index (χ0v) is 14.1. The molecule has 0 radical (unpaired) electrons. The molecule has 2 heteroatoms. The van der Waals surface area contributed by atoms with Gasteiger partial charge < -0.3 is 10.0 Å². The van der Waals surface area contributed by atoms with Crippen LogP contribution in [0.25, 0.3) is 0 Å². The molecule has 1 fully saturated rings. The number of nitrogens with zero attached hydrogens (tertiary/aromatic N) is 1. The minimum Gasteiger partial charge on any atom is -0.508 e. The van der Waals surface area contributed by atoms with Crippen LogP contribution in [-0.2, 0) is 5.41 Å². The molecule has 2 nitrogen and oxygen atoms in total. The van der Waals surface area contributed by atoms with Crippen LogP contribution in [0.2, 0.25) is 0 Å². The number of hydrogen-bond donors (Lipinski definition) is 1. The molecule has 1 aromatic rings. The summed E-state index contributed by atoms with van der Waals surface area (Å²) in [7, 11) is 0. The molecular formula is C19H31NO. The summed E-state index contributed by atoms with van der Waals surface area (Å²) in [5.74, 6) is 0.997. The van der Waals surface area contributed by atoms with E-state index in [9.17, 15) is 5.11 Å². The number of phenols is 1. The van der Waals surface area contributed by atoms with Gasteiger partial charge >= 0.3 is 0 Å². The molecule has 0 aliphatic carbocycles. The lowest BCUT2D eigenvalue weighted by Gasteiger charge is -2.47. The molecule has 3 atom stereocenters. The molecule has 1 aliphatic heterocycles. The molecule has 118 valence electrons. The number of rotatable bonds is 5. The molecule has 2 rings (SSSR count). The summed E-state index contributed by atoms with van der Waals surface area (Å²) >= 11 is 0. The van der Waals surface area contributed by atoms with Gasteiger partial charge in [0.2, 0.25) is 0 Å². The van der Waals surface area contributed by atoms with Crippen molar-refractivity contribution in [3.8, 4) is 5.75 Å². The Morgan fingerprint density at radius 3 is 2.81 bits per heavy atom. The first-order valence-corrected chi connectivity index (χ1v) is 8.51. The van der Waals surface area contributed by atoms with Crippen LogP contribution in [0, 0.1) is 5.92 Å². The summed E-state index contributed by atoms with van der Waals surface area (Å²) in [6, 6.07) is 8.55. The Morgan fingerprint density at radius 2 is 2.19 bits per heavy atom. The number of unbranched alkanes of at least 4 members (excludes halogenated alkanes) is 1. The fourth-order valence-corrected chi connectivity index (χ4v) is 3.64. The van der Waals surface area contributed by atoms with Gasteiger partial charge in [-0.1, -0.05) is 45.7 Å². The van der Waals surface area contributed by atoms with Gasteiger partial charge in [0.15, 0.2) is 0 Å². The first kappa shape index (κ1) is 16.4. The van der Waals surface area contributed by atoms with E-state index in [1.54, 1.807) is 6.07 Å². The molecular weight excluding hydrogens is 258 g/mol. The van der Waals surface area contributed by atoms with Crippen molar-refractivity contribution in [3.05, 3.63) is 29.8 Å². The highest BCUT2D eigenvalue weighted by molar-refractivity contribution is 5.33. The molecule has 1 unspecified atom stereocenters. The summed E-state index contributed by atoms with van der Waals surface area (Å²) in [6.45, 7) is 11.7. The monoisotopic (exact) mass is 289 g/mol. The van der Waals surface area contributed by atoms with Crippen LogP contribution in [0.1, 0.15) is 58.9 Å². The second-order valence-electron chi connectivity index (χ2n) is 7.11. The fraction of sp³-hybridized carbons (Fsp3) is 0.684. The van der Waals surface area contributed by atoms with Crippen molar-refractivity contribution in [2.45, 2.75) is 64.8 Å². The van der Waals surface area contributed by atoms with Gasteiger partial charge in [-0.15, -0.1) is 0 Å². The van der Waals surface area contributed by atoms with Crippen LogP contribution in [0.3, 0.4) is 0 Å². The summed E-state index contributed by atoms with van der Waals surface area (Å²) in [5.41, 5.74) is 1.47. The number of hydrogen-bond acceptors (Lipinski definition) is 2. The molecule has 1 heterocycles. The Hall–Kier alpha value is -1.02. The van der Waals surface area contributed by atoms with Crippen molar-refractivity contribution in [1.29, 1.82) is 0 Å². The van der Waals surface area contributed by atoms with Crippen molar-refractivity contribution in [2.24, 2.45) is 5.92 Å². The number of aromatic hydroxyl groups is 1. The Kier molecular flexibility index (Phi) is 5.32. The van der Waals surface area contributed by atoms with Gasteiger partial charge in [-0.2, -0.15) is 0 Å². The summed E-state index contributed by atoms with van der Waals surface area (Å²) in [6.07, 6.45) is 5.10. The van der Waals surface area contributed by atoms with Crippen molar-refractivity contribution in [3.63, 3.8) is 0 Å². The smallest absolute Gasteiger partial charge is 0.115 e. The molecule has 1 saturated heterocycles. The van der Waals surface area contributed by atoms with Crippen LogP contribution in [0.15, 0.2) is 24.3 Å². The van der Waals surface area contributed by atoms with E-state index in [0.717, 1.165) is 6.54 Å². The van der Waals surface area contributed by atoms with E-state index >= 15 is 0 Å². The first-order chi connectivity index (χ1) is 9.97. The van der Waals surface area contributed by atoms with E-state index in [1.807, 2.05) is 12.1 Å². The highest BCUT2D eigenvalue weighted by Crippen LogP contribution is 2.40. The standard InChI is InChI=1S/C19H31NO/c1-5-6-8-16(3)20-12-11-19(4,15(2)14-20)17-9-7-10-18(21)13-17/h7,9-10,13,15-16,21H,5-6,8,11-12,14H2,1-4H3/t15-,16?,19-/m0/s1. The second-order valence-corrected chi connectivity index (χ2v) is 7.11. The van der Waals surface area contributed by atoms with Gasteiger partial charge in [0, 0.05) is 12.6 Å². The van der Waals surface area contributed by atoms with Crippen molar-refractivity contribution in [1.82, 2.24) is 4.90 Å². The normalized spacial score (nSPS) is 28.5. The molecule has 0 saturated carbocycles. The maximum atomic E-state index is 9.77. The van der Waals surface area contributed by atoms with Gasteiger partial charge in [-0.3, -0.25) is 0 Å². The number of piperidine rings is 1. The lowest BCUT2D eigenvalue weighted by molar-refractivity contribution is 0.0768. The Bertz CT molecular complexity index is 459. The van der Waals surface area contributed by atoms with E-state index < -0.39 is 0 Å². The van der Waals surface area contributed by atoms with Gasteiger partial charge in [0.1, 0.15) is 5.75 Å². The quantitative estimate of drug-likeness (QED) is 0.858. The van der Waals surface area contributed by atoms with Crippen LogP contribution >= 0.6 is 0 Å². The van der Waals surface area contributed by atoms with Gasteiger partial charge in [-0.05, 0) is 55.3 Å². The average molecular weight is 289 g/mol. The zero-order chi connectivity index (χ0) is 15.5. The SMILES string of the molecule is CCCCC(C)N1CC[C@](C)(c2cccc(O)c2)[C@@H](C)C1. The molecule has 1 aliphatic rings. The number of benzene rings is 1. The van der Waals surface area contributed by atoms with Gasteiger partial charge in [0.05, 0.1) is 0 Å². The summed E-state index contributed by atoms with van der Waals surface area (Å²) in [5, 5.41) is 9.77. The average Bonchev–Trinajstić information content (AvgIpc) is 2.47. The van der Waals surface area contributed by atoms with E-state index in [-0.39, 0.29) is 5.41 Å². The largest absolute Gasteiger partial charge is 0.508 e. The maximum Gasteiger partial charge on any atom is 0.115 e. The zero-order valence-electron chi connectivity index (χ0n) is 14.1. The highest BCUT2D eigenvalue weighted by atomic mass is 16.3. The molecule has 0 spiro atoms. The van der Waals surface area contributed by atoms with E-state index in [1.165, 1.54) is 37.8 Å². The fourth-order valence-electron chi connectivity index (χ4n) is 3.64. The molecule has 0 aromatic heterocycles. The van der Waals surface area contributed by atoms with Gasteiger partial charge in [-0.25, -0.2) is 0 Å². The van der Waals surface area contributed by atoms with Crippen LogP contribution in [0.4, 0.5) is 0 Å². The third-order valence-electron chi connectivity index (χ3n) is 5.62. The summed E-state index contributed by atoms with van der Waals surface area (Å²) < 4.78 is 0. The van der Waals surface area contributed by atoms with E-state index in [4.69, 9.17) is 0 Å². The predicted octanol–water partition coefficient (Wildman–Crippen LogP) is 4.57. The minimum absolute atomic E-state index is 0.180. The van der Waals surface area contributed by atoms with Crippen LogP contribution < -0.4 is 0 Å². The van der Waals surface area contributed by atoms with E-state index in [0.29, 0.717) is 17.7 Å². The first-order valence-electron chi connectivity index (χ1n) is 8.51. The Morgan fingerprint density at radius 1 is 1.43 bits per heavy atom. The molecule has 1 aromatic carbocycles. The minimum atomic E-state index is 0.180. The second kappa shape index (κ2) is 6.83. The third kappa shape index (κ3) is 3.60. The summed E-state index contributed by atoms with van der Waals surface area (Å²) in [4.78, 5) is 2.66. The lowest BCUT2D eigenvalue weighted by atomic mass is 9.68. The number of phenolic OH excluding ortho intramolecular Hbond substituents is 1. The van der Waals surface area contributed by atoms with Crippen molar-refractivity contribution < 1.29 is 5.11 Å². The van der Waals surface area contributed by atoms with Crippen LogP contribution in [-0.4, -0.2) is 29.1 Å². The van der Waals surface area contributed by atoms with Crippen molar-refractivity contribution >= 4 is 0 Å². The van der Waals surface area contributed by atoms with Crippen LogP contribution in [0.5, 0.6) is 5.75 Å². The molecule has 1 N–H and O–H groups in total. The van der Waals surface area contributed by atoms with Gasteiger partial charge in [0.25, 0.3) is 0 Å². The Labute approximate surface area is 130 Å². The number of likely N-dealkylation sites (tertiary alicyclic amines) is 1. The molecule has 0 amide bonds. The maximum absolute atomic E-state index is 9.77. The topological polar surface area (TPSA) is 23.5 Å². The lowest BCUT2D eigenvalue weighted by Crippen LogP contribution is -2.50. The predicted molar refractivity (Wildman–Crippen MR) is 89.8 cm³/mol. The molecule has 0 bridgehead atoms. The van der Waals surface area contributed by atoms with Crippen molar-refractivity contribution in [2.75, 3.05) is 13.1 Å². The Balaban J connectivity index is 2.06. The van der Waals surface area contributed by atoms with E-state index in [2.05, 4.69) is 38.7 Å². The highest BCUT2D eigenvalue weighted by Gasteiger charge is 2.38.